The zero-order chi connectivity index (χ0) is 9.84. The fourth-order valence-electron chi connectivity index (χ4n) is 1.22. The minimum atomic E-state index is 0.637. The van der Waals surface area contributed by atoms with Crippen LogP contribution in [0.25, 0.3) is 6.08 Å². The Labute approximate surface area is 85.3 Å². The van der Waals surface area contributed by atoms with Crippen LogP contribution in [-0.2, 0) is 0 Å². The molecule has 1 rings (SSSR count). The summed E-state index contributed by atoms with van der Waals surface area (Å²) in [6.45, 7) is 8.90. The maximum Gasteiger partial charge on any atom is 0.0301 e. The summed E-state index contributed by atoms with van der Waals surface area (Å²) in [4.78, 5) is 1.42. The molecule has 72 valence electrons. The van der Waals surface area contributed by atoms with Gasteiger partial charge in [-0.15, -0.1) is 11.3 Å². The number of rotatable bonds is 3. The van der Waals surface area contributed by atoms with Crippen LogP contribution in [0.1, 0.15) is 44.1 Å². The zero-order valence-electron chi connectivity index (χ0n) is 8.87. The normalized spacial score (nSPS) is 12.2. The minimum absolute atomic E-state index is 0.637. The molecular weight excluding hydrogens is 176 g/mol. The maximum absolute atomic E-state index is 2.26. The van der Waals surface area contributed by atoms with Gasteiger partial charge < -0.3 is 0 Å². The zero-order valence-corrected chi connectivity index (χ0v) is 9.69. The van der Waals surface area contributed by atoms with E-state index < -0.39 is 0 Å². The summed E-state index contributed by atoms with van der Waals surface area (Å²) in [5.74, 6) is 1.28. The van der Waals surface area contributed by atoms with Crippen LogP contribution in [0.3, 0.4) is 0 Å². The highest BCUT2D eigenvalue weighted by Gasteiger charge is 2.04. The molecule has 0 unspecified atom stereocenters. The smallest absolute Gasteiger partial charge is 0.0301 e. The first-order valence-electron chi connectivity index (χ1n) is 4.87. The van der Waals surface area contributed by atoms with Gasteiger partial charge in [0.05, 0.1) is 0 Å². The van der Waals surface area contributed by atoms with Gasteiger partial charge in [0.2, 0.25) is 0 Å². The third kappa shape index (κ3) is 3.00. The van der Waals surface area contributed by atoms with Gasteiger partial charge in [0.15, 0.2) is 0 Å². The van der Waals surface area contributed by atoms with Gasteiger partial charge in [0, 0.05) is 4.88 Å². The highest BCUT2D eigenvalue weighted by atomic mass is 32.1. The summed E-state index contributed by atoms with van der Waals surface area (Å²) in [6, 6.07) is 2.23. The van der Waals surface area contributed by atoms with Gasteiger partial charge in [-0.25, -0.2) is 0 Å². The molecule has 1 aromatic heterocycles. The third-order valence-electron chi connectivity index (χ3n) is 1.98. The SMILES string of the molecule is CC(C)/C=C/c1sccc1C(C)C. The first-order valence-corrected chi connectivity index (χ1v) is 5.74. The number of allylic oxidation sites excluding steroid dienone is 1. The lowest BCUT2D eigenvalue weighted by Crippen LogP contribution is -1.85. The predicted octanol–water partition coefficient (Wildman–Crippen LogP) is 4.54. The van der Waals surface area contributed by atoms with Gasteiger partial charge in [0.25, 0.3) is 0 Å². The van der Waals surface area contributed by atoms with Crippen molar-refractivity contribution in [3.8, 4) is 0 Å². The molecule has 0 amide bonds. The van der Waals surface area contributed by atoms with E-state index >= 15 is 0 Å². The Balaban J connectivity index is 2.82. The molecule has 1 heteroatoms. The van der Waals surface area contributed by atoms with Crippen molar-refractivity contribution in [1.82, 2.24) is 0 Å². The summed E-state index contributed by atoms with van der Waals surface area (Å²) < 4.78 is 0. The van der Waals surface area contributed by atoms with Crippen molar-refractivity contribution in [1.29, 1.82) is 0 Å². The molecule has 0 fully saturated rings. The van der Waals surface area contributed by atoms with E-state index in [0.29, 0.717) is 11.8 Å². The van der Waals surface area contributed by atoms with E-state index in [-0.39, 0.29) is 0 Å². The average Bonchev–Trinajstić information content (AvgIpc) is 2.47. The lowest BCUT2D eigenvalue weighted by Gasteiger charge is -2.03. The largest absolute Gasteiger partial charge is 0.144 e. The Kier molecular flexibility index (Phi) is 3.73. The van der Waals surface area contributed by atoms with Crippen molar-refractivity contribution in [2.75, 3.05) is 0 Å². The fourth-order valence-corrected chi connectivity index (χ4v) is 2.18. The highest BCUT2D eigenvalue weighted by Crippen LogP contribution is 2.26. The van der Waals surface area contributed by atoms with Crippen LogP contribution < -0.4 is 0 Å². The van der Waals surface area contributed by atoms with E-state index in [1.165, 1.54) is 10.4 Å². The van der Waals surface area contributed by atoms with Crippen LogP contribution in [-0.4, -0.2) is 0 Å². The summed E-state index contributed by atoms with van der Waals surface area (Å²) in [5, 5.41) is 2.18. The molecule has 0 aromatic carbocycles. The highest BCUT2D eigenvalue weighted by molar-refractivity contribution is 7.11. The molecule has 0 aliphatic rings. The second-order valence-electron chi connectivity index (χ2n) is 4.00. The maximum atomic E-state index is 2.26. The molecule has 0 saturated heterocycles. The molecular formula is C12H18S. The van der Waals surface area contributed by atoms with Crippen molar-refractivity contribution in [3.63, 3.8) is 0 Å². The van der Waals surface area contributed by atoms with Crippen LogP contribution in [0.4, 0.5) is 0 Å². The number of hydrogen-bond acceptors (Lipinski definition) is 1. The second-order valence-corrected chi connectivity index (χ2v) is 4.95. The molecule has 1 heterocycles. The summed E-state index contributed by atoms with van der Waals surface area (Å²) in [5.41, 5.74) is 1.47. The lowest BCUT2D eigenvalue weighted by molar-refractivity contribution is 0.835. The van der Waals surface area contributed by atoms with E-state index in [2.05, 4.69) is 51.3 Å². The number of hydrogen-bond donors (Lipinski definition) is 0. The van der Waals surface area contributed by atoms with Gasteiger partial charge >= 0.3 is 0 Å². The van der Waals surface area contributed by atoms with Gasteiger partial charge in [-0.1, -0.05) is 33.8 Å². The standard InChI is InChI=1S/C12H18S/c1-9(2)5-6-12-11(10(3)4)7-8-13-12/h5-10H,1-4H3/b6-5+. The molecule has 1 aromatic rings. The Morgan fingerprint density at radius 3 is 2.46 bits per heavy atom. The molecule has 0 spiro atoms. The quantitative estimate of drug-likeness (QED) is 0.662. The first-order chi connectivity index (χ1) is 6.11. The third-order valence-corrected chi connectivity index (χ3v) is 2.88. The van der Waals surface area contributed by atoms with Crippen molar-refractivity contribution in [2.45, 2.75) is 33.6 Å². The second kappa shape index (κ2) is 4.61. The summed E-state index contributed by atoms with van der Waals surface area (Å²) in [6.07, 6.45) is 4.52. The van der Waals surface area contributed by atoms with Crippen LogP contribution in [0.2, 0.25) is 0 Å². The summed E-state index contributed by atoms with van der Waals surface area (Å²) in [7, 11) is 0. The van der Waals surface area contributed by atoms with E-state index in [0.717, 1.165) is 0 Å². The van der Waals surface area contributed by atoms with E-state index in [1.54, 1.807) is 0 Å². The Bertz CT molecular complexity index is 279. The van der Waals surface area contributed by atoms with Crippen molar-refractivity contribution < 1.29 is 0 Å². The topological polar surface area (TPSA) is 0 Å². The van der Waals surface area contributed by atoms with Gasteiger partial charge in [-0.3, -0.25) is 0 Å². The molecule has 0 N–H and O–H groups in total. The Morgan fingerprint density at radius 2 is 1.92 bits per heavy atom. The predicted molar refractivity (Wildman–Crippen MR) is 62.3 cm³/mol. The molecule has 0 bridgehead atoms. The van der Waals surface area contributed by atoms with E-state index in [9.17, 15) is 0 Å². The molecule has 0 atom stereocenters. The van der Waals surface area contributed by atoms with Crippen molar-refractivity contribution in [3.05, 3.63) is 28.0 Å². The van der Waals surface area contributed by atoms with E-state index in [1.807, 2.05) is 11.3 Å². The summed E-state index contributed by atoms with van der Waals surface area (Å²) >= 11 is 1.83. The van der Waals surface area contributed by atoms with E-state index in [4.69, 9.17) is 0 Å². The van der Waals surface area contributed by atoms with Crippen molar-refractivity contribution >= 4 is 17.4 Å². The molecule has 0 saturated carbocycles. The van der Waals surface area contributed by atoms with Crippen LogP contribution in [0, 0.1) is 5.92 Å². The van der Waals surface area contributed by atoms with Crippen LogP contribution in [0.15, 0.2) is 17.5 Å². The number of thiophene rings is 1. The molecule has 0 aliphatic carbocycles. The van der Waals surface area contributed by atoms with Gasteiger partial charge in [-0.2, -0.15) is 0 Å². The van der Waals surface area contributed by atoms with Crippen molar-refractivity contribution in [2.24, 2.45) is 5.92 Å². The first kappa shape index (κ1) is 10.5. The Hall–Kier alpha value is -0.560. The lowest BCUT2D eigenvalue weighted by atomic mass is 10.0. The van der Waals surface area contributed by atoms with Crippen LogP contribution >= 0.6 is 11.3 Å². The molecule has 0 aliphatic heterocycles. The minimum Gasteiger partial charge on any atom is -0.144 e. The average molecular weight is 194 g/mol. The van der Waals surface area contributed by atoms with Gasteiger partial charge in [-0.05, 0) is 34.9 Å². The molecule has 0 nitrogen and oxygen atoms in total. The Morgan fingerprint density at radius 1 is 1.23 bits per heavy atom. The fraction of sp³-hybridized carbons (Fsp3) is 0.500. The molecule has 0 radical (unpaired) electrons. The monoisotopic (exact) mass is 194 g/mol. The van der Waals surface area contributed by atoms with Crippen LogP contribution in [0.5, 0.6) is 0 Å². The molecule has 13 heavy (non-hydrogen) atoms. The van der Waals surface area contributed by atoms with Gasteiger partial charge in [0.1, 0.15) is 0 Å².